The molecule has 5 heterocycles. The lowest BCUT2D eigenvalue weighted by Gasteiger charge is -2.47. The lowest BCUT2D eigenvalue weighted by atomic mass is 9.33. The van der Waals surface area contributed by atoms with Gasteiger partial charge in [0.2, 0.25) is 0 Å². The van der Waals surface area contributed by atoms with Gasteiger partial charge in [0.25, 0.3) is 6.71 Å². The number of hydrogen-bond acceptors (Lipinski definition) is 7. The van der Waals surface area contributed by atoms with Gasteiger partial charge in [-0.2, -0.15) is 0 Å². The maximum atomic E-state index is 7.34. The summed E-state index contributed by atoms with van der Waals surface area (Å²) >= 11 is 3.69. The maximum absolute atomic E-state index is 7.34. The second kappa shape index (κ2) is 27.3. The van der Waals surface area contributed by atoms with Crippen molar-refractivity contribution in [1.29, 1.82) is 0 Å². The molecule has 5 aliphatic heterocycles. The third-order valence-electron chi connectivity index (χ3n) is 25.3. The Morgan fingerprint density at radius 1 is 0.252 bits per heavy atom. The number of rotatable bonds is 9. The van der Waals surface area contributed by atoms with Crippen LogP contribution in [0.2, 0.25) is 0 Å². The molecule has 566 valence electrons. The zero-order chi connectivity index (χ0) is 79.6. The fourth-order valence-electron chi connectivity index (χ4n) is 19.9. The van der Waals surface area contributed by atoms with Gasteiger partial charge < -0.3 is 24.3 Å². The molecule has 119 heavy (non-hydrogen) atoms. The topological polar surface area (TPSA) is 22.2 Å². The van der Waals surface area contributed by atoms with E-state index < -0.39 is 5.41 Å². The molecule has 0 saturated heterocycles. The average Bonchev–Trinajstić information content (AvgIpc) is 1.31. The Labute approximate surface area is 705 Å². The first-order chi connectivity index (χ1) is 58.3. The van der Waals surface area contributed by atoms with Crippen LogP contribution in [0.4, 0.5) is 68.2 Å². The molecule has 0 radical (unpaired) electrons. The second-order valence-electron chi connectivity index (χ2n) is 34.2. The summed E-state index contributed by atoms with van der Waals surface area (Å²) in [6, 6.07) is 145. The van der Waals surface area contributed by atoms with Crippen molar-refractivity contribution in [2.75, 3.05) is 19.6 Å². The number of anilines is 12. The van der Waals surface area contributed by atoms with Crippen LogP contribution in [0.15, 0.2) is 402 Å². The van der Waals surface area contributed by atoms with Crippen molar-refractivity contribution >= 4 is 115 Å². The van der Waals surface area contributed by atoms with E-state index in [0.29, 0.717) is 0 Å². The van der Waals surface area contributed by atoms with Crippen LogP contribution < -0.4 is 40.7 Å². The monoisotopic (exact) mass is 1560 g/mol. The van der Waals surface area contributed by atoms with Crippen molar-refractivity contribution in [3.8, 4) is 78.3 Å². The molecule has 17 aromatic carbocycles. The fourth-order valence-corrected chi connectivity index (χ4v) is 22.0. The zero-order valence-corrected chi connectivity index (χ0v) is 68.6. The van der Waals surface area contributed by atoms with E-state index in [0.717, 1.165) is 147 Å². The summed E-state index contributed by atoms with van der Waals surface area (Å²) in [4.78, 5) is 15.3. The van der Waals surface area contributed by atoms with E-state index in [1.165, 1.54) is 69.4 Å². The Hall–Kier alpha value is -13.5. The molecule has 0 N–H and O–H groups in total. The molecule has 6 aliphatic rings. The van der Waals surface area contributed by atoms with Gasteiger partial charge in [0.05, 0.1) is 39.5 Å². The lowest BCUT2D eigenvalue weighted by molar-refractivity contribution is 0.436. The Kier molecular flexibility index (Phi) is 16.3. The third-order valence-corrected chi connectivity index (χ3v) is 27.6. The Morgan fingerprint density at radius 2 is 0.597 bits per heavy atom. The molecule has 8 heteroatoms. The number of para-hydroxylation sites is 5. The molecule has 0 saturated carbocycles. The minimum absolute atomic E-state index is 0.250. The SMILES string of the molecule is CC(C)(C)c1cc(-c2ccccc2)c(N2c3cc(N4c5ccccc5Sc5ccccc54)ccc3B3c4ccc(N5c6ccccc6Sc6ccccc65)cc4N(c4c(-c5ccccc5)cc(C(C)(C)C)cc4-c4ccccc4)c4cc(-c5ccc6c(c5)C5(c7ccccc7O6)c6ccccc6-c6ccccc65)cc2c43)c(-c2ccccc2)c1. The van der Waals surface area contributed by atoms with Crippen molar-refractivity contribution < 1.29 is 4.74 Å². The predicted octanol–water partition coefficient (Wildman–Crippen LogP) is 29.0. The van der Waals surface area contributed by atoms with Crippen LogP contribution in [-0.2, 0) is 16.2 Å². The van der Waals surface area contributed by atoms with Crippen molar-refractivity contribution in [2.45, 2.75) is 77.4 Å². The van der Waals surface area contributed by atoms with E-state index in [1.807, 2.05) is 23.5 Å². The predicted molar refractivity (Wildman–Crippen MR) is 500 cm³/mol. The molecule has 17 aromatic rings. The molecule has 0 aromatic heterocycles. The molecular weight excluding hydrogens is 1480 g/mol. The number of hydrogen-bond donors (Lipinski definition) is 0. The third kappa shape index (κ3) is 11.1. The molecule has 0 bridgehead atoms. The smallest absolute Gasteiger partial charge is 0.252 e. The van der Waals surface area contributed by atoms with Crippen LogP contribution in [-0.4, -0.2) is 6.71 Å². The minimum atomic E-state index is -0.744. The second-order valence-corrected chi connectivity index (χ2v) is 36.4. The van der Waals surface area contributed by atoms with Gasteiger partial charge >= 0.3 is 0 Å². The Balaban J connectivity index is 0.908. The number of ether oxygens (including phenoxy) is 1. The highest BCUT2D eigenvalue weighted by Gasteiger charge is 2.52. The summed E-state index contributed by atoms with van der Waals surface area (Å²) in [5.74, 6) is 1.69. The molecular formula is C111H81BN4OS2. The first kappa shape index (κ1) is 70.9. The normalized spacial score (nSPS) is 13.9. The summed E-state index contributed by atoms with van der Waals surface area (Å²) in [6.45, 7) is 13.8. The van der Waals surface area contributed by atoms with Crippen LogP contribution >= 0.6 is 23.5 Å². The summed E-state index contributed by atoms with van der Waals surface area (Å²) in [5.41, 5.74) is 36.4. The highest BCUT2D eigenvalue weighted by Crippen LogP contribution is 2.64. The first-order valence-electron chi connectivity index (χ1n) is 41.4. The highest BCUT2D eigenvalue weighted by atomic mass is 32.2. The van der Waals surface area contributed by atoms with E-state index in [2.05, 4.69) is 443 Å². The van der Waals surface area contributed by atoms with Gasteiger partial charge in [-0.05, 0) is 221 Å². The van der Waals surface area contributed by atoms with Gasteiger partial charge in [0, 0.05) is 87.1 Å². The van der Waals surface area contributed by atoms with Gasteiger partial charge in [-0.15, -0.1) is 0 Å². The lowest BCUT2D eigenvalue weighted by Crippen LogP contribution is -2.61. The van der Waals surface area contributed by atoms with Gasteiger partial charge in [-0.1, -0.05) is 320 Å². The van der Waals surface area contributed by atoms with Crippen molar-refractivity contribution in [3.05, 3.63) is 416 Å². The molecule has 0 unspecified atom stereocenters. The number of benzene rings is 17. The van der Waals surface area contributed by atoms with Crippen molar-refractivity contribution in [2.24, 2.45) is 0 Å². The van der Waals surface area contributed by atoms with Crippen LogP contribution in [0.3, 0.4) is 0 Å². The van der Waals surface area contributed by atoms with Gasteiger partial charge in [-0.3, -0.25) is 0 Å². The van der Waals surface area contributed by atoms with E-state index in [9.17, 15) is 0 Å². The Bertz CT molecular complexity index is 6450. The average molecular weight is 1560 g/mol. The number of fused-ring (bicyclic) bond motifs is 17. The first-order valence-corrected chi connectivity index (χ1v) is 43.0. The van der Waals surface area contributed by atoms with Crippen LogP contribution in [0.5, 0.6) is 11.5 Å². The summed E-state index contributed by atoms with van der Waals surface area (Å²) in [6.07, 6.45) is 0. The van der Waals surface area contributed by atoms with Gasteiger partial charge in [0.15, 0.2) is 0 Å². The number of nitrogens with zero attached hydrogens (tertiary/aromatic N) is 4. The van der Waals surface area contributed by atoms with E-state index in [-0.39, 0.29) is 17.5 Å². The maximum Gasteiger partial charge on any atom is 0.252 e. The van der Waals surface area contributed by atoms with Crippen LogP contribution in [0.1, 0.15) is 74.9 Å². The van der Waals surface area contributed by atoms with E-state index in [4.69, 9.17) is 4.74 Å². The fraction of sp³-hybridized carbons (Fsp3) is 0.0811. The molecule has 23 rings (SSSR count). The van der Waals surface area contributed by atoms with Crippen LogP contribution in [0, 0.1) is 0 Å². The van der Waals surface area contributed by atoms with E-state index in [1.54, 1.807) is 0 Å². The van der Waals surface area contributed by atoms with Crippen molar-refractivity contribution in [1.82, 2.24) is 0 Å². The summed E-state index contributed by atoms with van der Waals surface area (Å²) in [5, 5.41) is 0. The zero-order valence-electron chi connectivity index (χ0n) is 67.0. The highest BCUT2D eigenvalue weighted by molar-refractivity contribution is 8.00. The van der Waals surface area contributed by atoms with Crippen LogP contribution in [0.25, 0.3) is 66.8 Å². The van der Waals surface area contributed by atoms with Crippen molar-refractivity contribution in [3.63, 3.8) is 0 Å². The molecule has 1 spiro atoms. The minimum Gasteiger partial charge on any atom is -0.457 e. The Morgan fingerprint density at radius 3 is 0.992 bits per heavy atom. The van der Waals surface area contributed by atoms with Gasteiger partial charge in [-0.25, -0.2) is 0 Å². The molecule has 0 fully saturated rings. The molecule has 0 atom stereocenters. The molecule has 5 nitrogen and oxygen atoms in total. The van der Waals surface area contributed by atoms with E-state index >= 15 is 0 Å². The quantitative estimate of drug-likeness (QED) is 0.133. The summed E-state index contributed by atoms with van der Waals surface area (Å²) < 4.78 is 7.34. The van der Waals surface area contributed by atoms with Gasteiger partial charge in [0.1, 0.15) is 11.5 Å². The molecule has 1 aliphatic carbocycles. The largest absolute Gasteiger partial charge is 0.457 e. The summed E-state index contributed by atoms with van der Waals surface area (Å²) in [7, 11) is 0. The standard InChI is InChI=1S/C111H81BN4OS2/c1-109(2,3)76-64-82(70-33-11-7-12-34-70)107(83(65-76)71-35-13-8-14-36-71)115-96-68-78(113-92-46-24-29-51-102(92)118-103-52-30-25-47-93(103)113)56-58-90(96)112-91-59-57-79(114-94-48-26-31-53-104(94)119-105-54-32-27-49-95(105)114)69-97(91)116(108-84(72-37-15-9-16-38-72)66-77(110(4,5)6)67-85(108)73-39-17-10-18-40-73)99-63-75(62-98(115)106(99)112)74-55-60-101-89(61-74)111(88-45-23-28-50-100(88)117-101)86-43-21-19-41-80(86)81-42-20-22-44-87(81)111/h7-69H,1-6H3. The molecule has 0 amide bonds.